The van der Waals surface area contributed by atoms with Gasteiger partial charge in [-0.15, -0.1) is 6.58 Å². The summed E-state index contributed by atoms with van der Waals surface area (Å²) in [6, 6.07) is 0. The number of aliphatic hydroxyl groups is 1. The molecular formula is C8H14O. The van der Waals surface area contributed by atoms with E-state index < -0.39 is 0 Å². The average Bonchev–Trinajstić information content (AvgIpc) is 1.63. The van der Waals surface area contributed by atoms with Crippen molar-refractivity contribution >= 4 is 0 Å². The van der Waals surface area contributed by atoms with Gasteiger partial charge in [0.05, 0.1) is 6.10 Å². The molecular weight excluding hydrogens is 112 g/mol. The second-order valence-electron chi connectivity index (χ2n) is 2.25. The molecule has 0 aliphatic carbocycles. The maximum atomic E-state index is 8.84. The van der Waals surface area contributed by atoms with Crippen LogP contribution in [0.15, 0.2) is 24.3 Å². The van der Waals surface area contributed by atoms with Gasteiger partial charge in [-0.05, 0) is 20.3 Å². The highest BCUT2D eigenvalue weighted by Gasteiger charge is 1.88. The minimum atomic E-state index is -0.329. The van der Waals surface area contributed by atoms with Crippen molar-refractivity contribution in [3.05, 3.63) is 24.3 Å². The maximum absolute atomic E-state index is 8.84. The van der Waals surface area contributed by atoms with Crippen molar-refractivity contribution < 1.29 is 5.11 Å². The Morgan fingerprint density at radius 3 is 2.67 bits per heavy atom. The van der Waals surface area contributed by atoms with Crippen molar-refractivity contribution in [2.24, 2.45) is 0 Å². The molecule has 0 heterocycles. The van der Waals surface area contributed by atoms with E-state index >= 15 is 0 Å². The van der Waals surface area contributed by atoms with Crippen molar-refractivity contribution in [1.29, 1.82) is 0 Å². The summed E-state index contributed by atoms with van der Waals surface area (Å²) in [5.41, 5.74) is 1.17. The van der Waals surface area contributed by atoms with Gasteiger partial charge in [-0.3, -0.25) is 0 Å². The third kappa shape index (κ3) is 5.31. The molecule has 0 aromatic rings. The van der Waals surface area contributed by atoms with Crippen LogP contribution in [0.2, 0.25) is 0 Å². The second-order valence-corrected chi connectivity index (χ2v) is 2.25. The summed E-state index contributed by atoms with van der Waals surface area (Å²) >= 11 is 0. The van der Waals surface area contributed by atoms with Gasteiger partial charge < -0.3 is 5.11 Å². The molecule has 0 spiro atoms. The van der Waals surface area contributed by atoms with Gasteiger partial charge in [-0.2, -0.15) is 0 Å². The molecule has 0 aromatic carbocycles. The first-order chi connectivity index (χ1) is 4.16. The zero-order valence-corrected chi connectivity index (χ0v) is 6.09. The molecule has 1 unspecified atom stereocenters. The summed E-state index contributed by atoms with van der Waals surface area (Å²) in [7, 11) is 0. The first kappa shape index (κ1) is 8.44. The van der Waals surface area contributed by atoms with Crippen LogP contribution in [0.3, 0.4) is 0 Å². The summed E-state index contributed by atoms with van der Waals surface area (Å²) in [4.78, 5) is 0. The molecule has 0 radical (unpaired) electrons. The van der Waals surface area contributed by atoms with E-state index in [2.05, 4.69) is 6.58 Å². The van der Waals surface area contributed by atoms with Crippen molar-refractivity contribution in [3.63, 3.8) is 0 Å². The molecule has 9 heavy (non-hydrogen) atoms. The molecule has 0 saturated carbocycles. The second kappa shape index (κ2) is 4.33. The summed E-state index contributed by atoms with van der Waals surface area (Å²) in [5.74, 6) is 0. The van der Waals surface area contributed by atoms with Crippen LogP contribution in [0.1, 0.15) is 20.3 Å². The standard InChI is InChI=1S/C8H14O/c1-4-5-7(2)6-8(3)9/h4,6,8-9H,1,5H2,2-3H3/b7-6+. The first-order valence-electron chi connectivity index (χ1n) is 3.13. The van der Waals surface area contributed by atoms with Gasteiger partial charge >= 0.3 is 0 Å². The normalized spacial score (nSPS) is 15.2. The smallest absolute Gasteiger partial charge is 0.0695 e. The van der Waals surface area contributed by atoms with Crippen LogP contribution in [0.5, 0.6) is 0 Å². The van der Waals surface area contributed by atoms with Crippen LogP contribution in [0.4, 0.5) is 0 Å². The highest BCUT2D eigenvalue weighted by molar-refractivity contribution is 5.04. The van der Waals surface area contributed by atoms with E-state index in [1.54, 1.807) is 6.92 Å². The highest BCUT2D eigenvalue weighted by Crippen LogP contribution is 2.00. The first-order valence-corrected chi connectivity index (χ1v) is 3.13. The van der Waals surface area contributed by atoms with E-state index in [1.165, 1.54) is 5.57 Å². The molecule has 0 rings (SSSR count). The number of allylic oxidation sites excluding steroid dienone is 2. The van der Waals surface area contributed by atoms with Crippen molar-refractivity contribution in [3.8, 4) is 0 Å². The van der Waals surface area contributed by atoms with E-state index in [4.69, 9.17) is 5.11 Å². The number of hydrogen-bond acceptors (Lipinski definition) is 1. The van der Waals surface area contributed by atoms with Gasteiger partial charge in [0, 0.05) is 0 Å². The van der Waals surface area contributed by atoms with Gasteiger partial charge in [-0.25, -0.2) is 0 Å². The quantitative estimate of drug-likeness (QED) is 0.572. The molecule has 52 valence electrons. The molecule has 1 N–H and O–H groups in total. The van der Waals surface area contributed by atoms with Crippen LogP contribution < -0.4 is 0 Å². The largest absolute Gasteiger partial charge is 0.389 e. The molecule has 0 saturated heterocycles. The highest BCUT2D eigenvalue weighted by atomic mass is 16.3. The topological polar surface area (TPSA) is 20.2 Å². The molecule has 0 fully saturated rings. The fraction of sp³-hybridized carbons (Fsp3) is 0.500. The molecule has 1 nitrogen and oxygen atoms in total. The third-order valence-electron chi connectivity index (χ3n) is 0.992. The van der Waals surface area contributed by atoms with E-state index in [-0.39, 0.29) is 6.10 Å². The monoisotopic (exact) mass is 126 g/mol. The SMILES string of the molecule is C=CC/C(C)=C/C(C)O. The van der Waals surface area contributed by atoms with E-state index in [9.17, 15) is 0 Å². The molecule has 0 aliphatic heterocycles. The lowest BCUT2D eigenvalue weighted by molar-refractivity contribution is 0.243. The van der Waals surface area contributed by atoms with Gasteiger partial charge in [0.1, 0.15) is 0 Å². The Balaban J connectivity index is 3.68. The minimum Gasteiger partial charge on any atom is -0.389 e. The van der Waals surface area contributed by atoms with Gasteiger partial charge in [0.2, 0.25) is 0 Å². The zero-order chi connectivity index (χ0) is 7.28. The minimum absolute atomic E-state index is 0.329. The van der Waals surface area contributed by atoms with Crippen molar-refractivity contribution in [2.45, 2.75) is 26.4 Å². The summed E-state index contributed by atoms with van der Waals surface area (Å²) in [5, 5.41) is 8.84. The zero-order valence-electron chi connectivity index (χ0n) is 6.09. The van der Waals surface area contributed by atoms with Crippen LogP contribution in [-0.2, 0) is 0 Å². The molecule has 1 atom stereocenters. The molecule has 1 heteroatoms. The van der Waals surface area contributed by atoms with Crippen LogP contribution in [-0.4, -0.2) is 11.2 Å². The lowest BCUT2D eigenvalue weighted by Crippen LogP contribution is -1.93. The lowest BCUT2D eigenvalue weighted by atomic mass is 10.2. The Bertz CT molecular complexity index is 112. The number of hydrogen-bond donors (Lipinski definition) is 1. The maximum Gasteiger partial charge on any atom is 0.0695 e. The van der Waals surface area contributed by atoms with Crippen molar-refractivity contribution in [1.82, 2.24) is 0 Å². The summed E-state index contributed by atoms with van der Waals surface area (Å²) < 4.78 is 0. The Hall–Kier alpha value is -0.560. The van der Waals surface area contributed by atoms with Gasteiger partial charge in [0.15, 0.2) is 0 Å². The van der Waals surface area contributed by atoms with E-state index in [0.29, 0.717) is 0 Å². The molecule has 0 aromatic heterocycles. The Labute approximate surface area is 56.7 Å². The van der Waals surface area contributed by atoms with E-state index in [0.717, 1.165) is 6.42 Å². The predicted molar refractivity (Wildman–Crippen MR) is 40.3 cm³/mol. The predicted octanol–water partition coefficient (Wildman–Crippen LogP) is 1.89. The lowest BCUT2D eigenvalue weighted by Gasteiger charge is -1.97. The van der Waals surface area contributed by atoms with Crippen molar-refractivity contribution in [2.75, 3.05) is 0 Å². The molecule has 0 aliphatic rings. The van der Waals surface area contributed by atoms with Gasteiger partial charge in [0.25, 0.3) is 0 Å². The fourth-order valence-electron chi connectivity index (χ4n) is 0.707. The summed E-state index contributed by atoms with van der Waals surface area (Å²) in [6.45, 7) is 7.31. The fourth-order valence-corrected chi connectivity index (χ4v) is 0.707. The average molecular weight is 126 g/mol. The van der Waals surface area contributed by atoms with Gasteiger partial charge in [-0.1, -0.05) is 17.7 Å². The third-order valence-corrected chi connectivity index (χ3v) is 0.992. The molecule has 0 bridgehead atoms. The van der Waals surface area contributed by atoms with Crippen LogP contribution in [0.25, 0.3) is 0 Å². The number of aliphatic hydroxyl groups excluding tert-OH is 1. The Kier molecular flexibility index (Phi) is 4.06. The molecule has 0 amide bonds. The Morgan fingerprint density at radius 2 is 2.33 bits per heavy atom. The summed E-state index contributed by atoms with van der Waals surface area (Å²) in [6.07, 6.45) is 4.19. The van der Waals surface area contributed by atoms with Crippen LogP contribution in [0, 0.1) is 0 Å². The number of rotatable bonds is 3. The van der Waals surface area contributed by atoms with E-state index in [1.807, 2.05) is 19.1 Å². The van der Waals surface area contributed by atoms with Crippen LogP contribution >= 0.6 is 0 Å². The Morgan fingerprint density at radius 1 is 1.78 bits per heavy atom.